The van der Waals surface area contributed by atoms with Crippen LogP contribution in [0.15, 0.2) is 82.7 Å². The molecule has 0 aliphatic carbocycles. The molecule has 4 aromatic rings. The third-order valence-electron chi connectivity index (χ3n) is 6.29. The molecule has 1 atom stereocenters. The number of nitrogens with zero attached hydrogens (tertiary/aromatic N) is 3. The van der Waals surface area contributed by atoms with E-state index in [-0.39, 0.29) is 12.5 Å². The molecule has 0 spiro atoms. The molecule has 0 radical (unpaired) electrons. The minimum absolute atomic E-state index is 0.250. The number of fused-ring (bicyclic) bond motifs is 1. The van der Waals surface area contributed by atoms with Gasteiger partial charge in [0.05, 0.1) is 30.0 Å². The lowest BCUT2D eigenvalue weighted by Gasteiger charge is -2.29. The standard InChI is InChI=1S/C28H25BrClN5O4/c1-16-24(27(36)34-21-10-6-7-11-22(21)37-2)25(35-28(33-16)31-15-32-35)18-12-19(29)26(23(13-18)38-3)39-14-17-8-4-5-9-20(17)30/h4-13,15,25H,14H2,1-3H3,(H,34,36)(H,31,32,33). The van der Waals surface area contributed by atoms with Crippen molar-refractivity contribution in [3.8, 4) is 17.2 Å². The molecule has 1 aromatic heterocycles. The van der Waals surface area contributed by atoms with Gasteiger partial charge in [0.1, 0.15) is 24.7 Å². The molecule has 2 N–H and O–H groups in total. The van der Waals surface area contributed by atoms with Crippen molar-refractivity contribution in [1.29, 1.82) is 0 Å². The maximum atomic E-state index is 13.8. The van der Waals surface area contributed by atoms with Gasteiger partial charge in [0, 0.05) is 16.3 Å². The van der Waals surface area contributed by atoms with Crippen LogP contribution in [0.5, 0.6) is 17.2 Å². The van der Waals surface area contributed by atoms with E-state index in [1.54, 1.807) is 31.0 Å². The summed E-state index contributed by atoms with van der Waals surface area (Å²) in [6.07, 6.45) is 1.44. The largest absolute Gasteiger partial charge is 0.495 e. The molecule has 3 aromatic carbocycles. The normalized spacial score (nSPS) is 14.3. The second-order valence-electron chi connectivity index (χ2n) is 8.66. The molecule has 0 saturated heterocycles. The average Bonchev–Trinajstić information content (AvgIpc) is 3.40. The number of nitrogens with one attached hydrogen (secondary N) is 2. The number of rotatable bonds is 8. The van der Waals surface area contributed by atoms with Crippen molar-refractivity contribution in [2.45, 2.75) is 19.6 Å². The highest BCUT2D eigenvalue weighted by Crippen LogP contribution is 2.43. The number of aromatic nitrogens is 3. The van der Waals surface area contributed by atoms with E-state index in [1.165, 1.54) is 6.33 Å². The molecule has 1 amide bonds. The number of methoxy groups -OCH3 is 2. The van der Waals surface area contributed by atoms with E-state index in [1.807, 2.05) is 55.5 Å². The molecule has 1 aliphatic heterocycles. The van der Waals surface area contributed by atoms with Gasteiger partial charge < -0.3 is 24.8 Å². The molecule has 11 heteroatoms. The van der Waals surface area contributed by atoms with E-state index in [9.17, 15) is 4.79 Å². The van der Waals surface area contributed by atoms with Gasteiger partial charge in [-0.1, -0.05) is 41.9 Å². The SMILES string of the molecule is COc1ccccc1NC(=O)C1=C(C)Nc2ncnn2C1c1cc(Br)c(OCc2ccccc2Cl)c(OC)c1. The molecule has 5 rings (SSSR count). The lowest BCUT2D eigenvalue weighted by molar-refractivity contribution is -0.113. The number of para-hydroxylation sites is 2. The Morgan fingerprint density at radius 1 is 1.10 bits per heavy atom. The van der Waals surface area contributed by atoms with Crippen molar-refractivity contribution in [1.82, 2.24) is 14.8 Å². The number of allylic oxidation sites excluding steroid dienone is 1. The first kappa shape index (κ1) is 26.6. The molecule has 39 heavy (non-hydrogen) atoms. The molecule has 0 saturated carbocycles. The zero-order valence-corrected chi connectivity index (χ0v) is 23.7. The van der Waals surface area contributed by atoms with E-state index in [0.717, 1.165) is 11.1 Å². The van der Waals surface area contributed by atoms with Crippen LogP contribution in [0.25, 0.3) is 0 Å². The van der Waals surface area contributed by atoms with Gasteiger partial charge in [0.15, 0.2) is 11.5 Å². The predicted octanol–water partition coefficient (Wildman–Crippen LogP) is 6.22. The topological polar surface area (TPSA) is 99.5 Å². The first-order valence-corrected chi connectivity index (χ1v) is 13.1. The van der Waals surface area contributed by atoms with Crippen LogP contribution in [0.2, 0.25) is 5.02 Å². The first-order valence-electron chi connectivity index (χ1n) is 12.0. The highest BCUT2D eigenvalue weighted by molar-refractivity contribution is 9.10. The minimum atomic E-state index is -0.610. The Labute approximate surface area is 238 Å². The van der Waals surface area contributed by atoms with E-state index >= 15 is 0 Å². The summed E-state index contributed by atoms with van der Waals surface area (Å²) in [4.78, 5) is 18.1. The molecule has 0 fully saturated rings. The summed E-state index contributed by atoms with van der Waals surface area (Å²) in [6, 6.07) is 17.8. The van der Waals surface area contributed by atoms with Crippen LogP contribution in [0, 0.1) is 0 Å². The Morgan fingerprint density at radius 3 is 2.62 bits per heavy atom. The molecular weight excluding hydrogens is 586 g/mol. The van der Waals surface area contributed by atoms with Crippen LogP contribution in [0.3, 0.4) is 0 Å². The molecule has 0 bridgehead atoms. The zero-order chi connectivity index (χ0) is 27.5. The third-order valence-corrected chi connectivity index (χ3v) is 7.25. The van der Waals surface area contributed by atoms with Gasteiger partial charge in [-0.25, -0.2) is 4.68 Å². The maximum Gasteiger partial charge on any atom is 0.255 e. The molecule has 1 unspecified atom stereocenters. The Kier molecular flexibility index (Phi) is 7.76. The molecule has 2 heterocycles. The lowest BCUT2D eigenvalue weighted by Crippen LogP contribution is -2.31. The van der Waals surface area contributed by atoms with Gasteiger partial charge in [0.25, 0.3) is 5.91 Å². The van der Waals surface area contributed by atoms with Gasteiger partial charge in [-0.15, -0.1) is 0 Å². The van der Waals surface area contributed by atoms with E-state index in [4.69, 9.17) is 25.8 Å². The summed E-state index contributed by atoms with van der Waals surface area (Å²) in [7, 11) is 3.12. The maximum absolute atomic E-state index is 13.8. The van der Waals surface area contributed by atoms with Crippen molar-refractivity contribution in [3.05, 3.63) is 98.9 Å². The third kappa shape index (κ3) is 5.30. The van der Waals surface area contributed by atoms with Crippen LogP contribution >= 0.6 is 27.5 Å². The summed E-state index contributed by atoms with van der Waals surface area (Å²) >= 11 is 9.95. The van der Waals surface area contributed by atoms with Crippen LogP contribution in [-0.4, -0.2) is 34.9 Å². The summed E-state index contributed by atoms with van der Waals surface area (Å²) < 4.78 is 19.6. The Bertz CT molecular complexity index is 1570. The fourth-order valence-electron chi connectivity index (χ4n) is 4.43. The van der Waals surface area contributed by atoms with Crippen molar-refractivity contribution < 1.29 is 19.0 Å². The summed E-state index contributed by atoms with van der Waals surface area (Å²) in [5.41, 5.74) is 3.23. The summed E-state index contributed by atoms with van der Waals surface area (Å²) in [5.74, 6) is 1.74. The number of amides is 1. The molecular formula is C28H25BrClN5O4. The predicted molar refractivity (Wildman–Crippen MR) is 153 cm³/mol. The number of anilines is 2. The number of benzene rings is 3. The number of hydrogen-bond acceptors (Lipinski definition) is 7. The average molecular weight is 611 g/mol. The Hall–Kier alpha value is -4.02. The molecule has 200 valence electrons. The van der Waals surface area contributed by atoms with Crippen LogP contribution in [0.4, 0.5) is 11.6 Å². The first-order chi connectivity index (χ1) is 18.9. The fraction of sp³-hybridized carbons (Fsp3) is 0.179. The van der Waals surface area contributed by atoms with E-state index in [2.05, 4.69) is 36.6 Å². The Balaban J connectivity index is 1.53. The van der Waals surface area contributed by atoms with Crippen LogP contribution in [-0.2, 0) is 11.4 Å². The number of carbonyl (C=O) groups is 1. The van der Waals surface area contributed by atoms with Crippen LogP contribution < -0.4 is 24.8 Å². The van der Waals surface area contributed by atoms with Crippen molar-refractivity contribution in [2.75, 3.05) is 24.9 Å². The van der Waals surface area contributed by atoms with Crippen LogP contribution in [0.1, 0.15) is 24.1 Å². The van der Waals surface area contributed by atoms with Gasteiger partial charge in [-0.3, -0.25) is 4.79 Å². The van der Waals surface area contributed by atoms with Gasteiger partial charge in [-0.2, -0.15) is 10.1 Å². The number of ether oxygens (including phenoxy) is 3. The van der Waals surface area contributed by atoms with Gasteiger partial charge in [0.2, 0.25) is 5.95 Å². The molecule has 9 nitrogen and oxygen atoms in total. The quantitative estimate of drug-likeness (QED) is 0.244. The van der Waals surface area contributed by atoms with E-state index < -0.39 is 6.04 Å². The highest BCUT2D eigenvalue weighted by atomic mass is 79.9. The second kappa shape index (κ2) is 11.4. The molecule has 1 aliphatic rings. The monoisotopic (exact) mass is 609 g/mol. The minimum Gasteiger partial charge on any atom is -0.495 e. The van der Waals surface area contributed by atoms with Crippen molar-refractivity contribution in [2.24, 2.45) is 0 Å². The second-order valence-corrected chi connectivity index (χ2v) is 9.92. The summed E-state index contributed by atoms with van der Waals surface area (Å²) in [5, 5.41) is 11.2. The smallest absolute Gasteiger partial charge is 0.255 e. The van der Waals surface area contributed by atoms with Crippen molar-refractivity contribution >= 4 is 45.1 Å². The zero-order valence-electron chi connectivity index (χ0n) is 21.4. The fourth-order valence-corrected chi connectivity index (χ4v) is 5.20. The van der Waals surface area contributed by atoms with Gasteiger partial charge >= 0.3 is 0 Å². The Morgan fingerprint density at radius 2 is 1.85 bits per heavy atom. The van der Waals surface area contributed by atoms with Crippen molar-refractivity contribution in [3.63, 3.8) is 0 Å². The highest BCUT2D eigenvalue weighted by Gasteiger charge is 2.35. The number of hydrogen-bond donors (Lipinski definition) is 2. The number of carbonyl (C=O) groups excluding carboxylic acids is 1. The van der Waals surface area contributed by atoms with Gasteiger partial charge in [-0.05, 0) is 58.7 Å². The van der Waals surface area contributed by atoms with E-state index in [0.29, 0.717) is 49.6 Å². The summed E-state index contributed by atoms with van der Waals surface area (Å²) in [6.45, 7) is 2.08. The number of halogens is 2. The lowest BCUT2D eigenvalue weighted by atomic mass is 9.94.